The first kappa shape index (κ1) is 16.7. The Kier molecular flexibility index (Phi) is 4.42. The topological polar surface area (TPSA) is 25.8 Å². The molecule has 0 radical (unpaired) electrons. The van der Waals surface area contributed by atoms with Crippen LogP contribution in [0.25, 0.3) is 21.5 Å². The van der Waals surface area contributed by atoms with E-state index in [2.05, 4.69) is 9.97 Å². The maximum absolute atomic E-state index is 13.4. The molecule has 4 aromatic rings. The molecule has 0 aliphatic carbocycles. The van der Waals surface area contributed by atoms with E-state index in [0.717, 1.165) is 27.6 Å². The molecule has 26 heavy (non-hydrogen) atoms. The minimum atomic E-state index is -0.596. The van der Waals surface area contributed by atoms with Gasteiger partial charge in [-0.05, 0) is 54.3 Å². The Morgan fingerprint density at radius 3 is 2.27 bits per heavy atom. The van der Waals surface area contributed by atoms with Crippen LogP contribution in [-0.4, -0.2) is 9.97 Å². The summed E-state index contributed by atoms with van der Waals surface area (Å²) in [4.78, 5) is 8.85. The molecule has 0 fully saturated rings. The lowest BCUT2D eigenvalue weighted by Gasteiger charge is -2.10. The van der Waals surface area contributed by atoms with Crippen molar-refractivity contribution in [2.24, 2.45) is 0 Å². The molecule has 2 aromatic heterocycles. The molecule has 0 spiro atoms. The maximum Gasteiger partial charge on any atom is 0.170 e. The van der Waals surface area contributed by atoms with Gasteiger partial charge in [0.1, 0.15) is 17.5 Å². The first-order valence-corrected chi connectivity index (χ1v) is 8.90. The van der Waals surface area contributed by atoms with Crippen molar-refractivity contribution in [2.75, 3.05) is 0 Å². The van der Waals surface area contributed by atoms with Crippen LogP contribution in [0, 0.1) is 17.5 Å². The molecule has 0 bridgehead atoms. The summed E-state index contributed by atoms with van der Waals surface area (Å²) >= 11 is 1.48. The molecule has 0 amide bonds. The molecule has 4 rings (SSSR count). The van der Waals surface area contributed by atoms with E-state index in [1.165, 1.54) is 35.6 Å². The van der Waals surface area contributed by atoms with Crippen LogP contribution in [0.15, 0.2) is 54.0 Å². The lowest BCUT2D eigenvalue weighted by Crippen LogP contribution is -1.99. The third kappa shape index (κ3) is 3.46. The van der Waals surface area contributed by atoms with Crippen LogP contribution < -0.4 is 0 Å². The predicted octanol–water partition coefficient (Wildman–Crippen LogP) is 5.56. The number of benzene rings is 2. The third-order valence-electron chi connectivity index (χ3n) is 4.13. The molecular formula is C20H13F3N2S. The number of thiazole rings is 1. The summed E-state index contributed by atoms with van der Waals surface area (Å²) < 4.78 is 41.0. The first-order chi connectivity index (χ1) is 12.6. The van der Waals surface area contributed by atoms with Gasteiger partial charge in [-0.15, -0.1) is 11.3 Å². The van der Waals surface area contributed by atoms with E-state index in [0.29, 0.717) is 24.1 Å². The Morgan fingerprint density at radius 1 is 0.808 bits per heavy atom. The van der Waals surface area contributed by atoms with Crippen molar-refractivity contribution < 1.29 is 13.2 Å². The summed E-state index contributed by atoms with van der Waals surface area (Å²) in [7, 11) is 0. The molecule has 130 valence electrons. The molecule has 0 aliphatic heterocycles. The number of rotatable bonds is 4. The van der Waals surface area contributed by atoms with Crippen LogP contribution in [0.2, 0.25) is 0 Å². The van der Waals surface area contributed by atoms with Gasteiger partial charge in [-0.25, -0.2) is 23.1 Å². The molecule has 6 heteroatoms. The fourth-order valence-electron chi connectivity index (χ4n) is 2.92. The largest absolute Gasteiger partial charge is 0.232 e. The summed E-state index contributed by atoms with van der Waals surface area (Å²) in [6.45, 7) is 0. The quantitative estimate of drug-likeness (QED) is 0.470. The smallest absolute Gasteiger partial charge is 0.170 e. The van der Waals surface area contributed by atoms with Crippen LogP contribution in [-0.2, 0) is 12.8 Å². The summed E-state index contributed by atoms with van der Waals surface area (Å²) in [5, 5.41) is 0. The molecule has 2 aromatic carbocycles. The van der Waals surface area contributed by atoms with Crippen molar-refractivity contribution in [1.29, 1.82) is 0 Å². The van der Waals surface area contributed by atoms with Gasteiger partial charge < -0.3 is 0 Å². The molecule has 0 aliphatic rings. The van der Waals surface area contributed by atoms with Crippen molar-refractivity contribution in [3.05, 3.63) is 82.8 Å². The molecule has 0 unspecified atom stereocenters. The van der Waals surface area contributed by atoms with E-state index in [-0.39, 0.29) is 5.82 Å². The van der Waals surface area contributed by atoms with Crippen LogP contribution in [0.3, 0.4) is 0 Å². The summed E-state index contributed by atoms with van der Waals surface area (Å²) in [5.74, 6) is -1.50. The van der Waals surface area contributed by atoms with E-state index in [1.807, 2.05) is 6.07 Å². The standard InChI is InChI=1S/C20H13F3N2S/c21-14-4-2-13(3-5-14)17-10-19-20(24-11-26-19)25-18(17)6-1-12-7-15(22)9-16(23)8-12/h2-5,7-11H,1,6H2. The highest BCUT2D eigenvalue weighted by Crippen LogP contribution is 2.29. The fourth-order valence-corrected chi connectivity index (χ4v) is 3.58. The second kappa shape index (κ2) is 6.88. The first-order valence-electron chi connectivity index (χ1n) is 8.02. The number of nitrogens with zero attached hydrogens (tertiary/aromatic N) is 2. The summed E-state index contributed by atoms with van der Waals surface area (Å²) in [6, 6.07) is 11.7. The van der Waals surface area contributed by atoms with E-state index < -0.39 is 11.6 Å². The summed E-state index contributed by atoms with van der Waals surface area (Å²) in [6.07, 6.45) is 0.925. The number of fused-ring (bicyclic) bond motifs is 1. The van der Waals surface area contributed by atoms with Crippen molar-refractivity contribution in [2.45, 2.75) is 12.8 Å². The van der Waals surface area contributed by atoms with Gasteiger partial charge >= 0.3 is 0 Å². The Hall–Kier alpha value is -2.73. The predicted molar refractivity (Wildman–Crippen MR) is 96.6 cm³/mol. The zero-order valence-corrected chi connectivity index (χ0v) is 14.4. The van der Waals surface area contributed by atoms with Gasteiger partial charge in [0.05, 0.1) is 15.9 Å². The van der Waals surface area contributed by atoms with Gasteiger partial charge in [0.25, 0.3) is 0 Å². The van der Waals surface area contributed by atoms with Crippen LogP contribution >= 0.6 is 11.3 Å². The number of hydrogen-bond donors (Lipinski definition) is 0. The van der Waals surface area contributed by atoms with Crippen molar-refractivity contribution in [3.63, 3.8) is 0 Å². The highest BCUT2D eigenvalue weighted by atomic mass is 32.1. The summed E-state index contributed by atoms with van der Waals surface area (Å²) in [5.41, 5.74) is 5.40. The van der Waals surface area contributed by atoms with E-state index >= 15 is 0 Å². The number of hydrogen-bond acceptors (Lipinski definition) is 3. The highest BCUT2D eigenvalue weighted by Gasteiger charge is 2.12. The molecule has 0 saturated heterocycles. The normalized spacial score (nSPS) is 11.2. The van der Waals surface area contributed by atoms with Gasteiger partial charge in [0.15, 0.2) is 5.65 Å². The van der Waals surface area contributed by atoms with Crippen molar-refractivity contribution >= 4 is 21.7 Å². The monoisotopic (exact) mass is 370 g/mol. The number of pyridine rings is 1. The van der Waals surface area contributed by atoms with Gasteiger partial charge in [-0.3, -0.25) is 0 Å². The Bertz CT molecular complexity index is 1050. The van der Waals surface area contributed by atoms with Crippen LogP contribution in [0.4, 0.5) is 13.2 Å². The van der Waals surface area contributed by atoms with Gasteiger partial charge in [0.2, 0.25) is 0 Å². The van der Waals surface area contributed by atoms with Crippen LogP contribution in [0.1, 0.15) is 11.3 Å². The SMILES string of the molecule is Fc1ccc(-c2cc3scnc3nc2CCc2cc(F)cc(F)c2)cc1. The van der Waals surface area contributed by atoms with Crippen molar-refractivity contribution in [1.82, 2.24) is 9.97 Å². The molecule has 0 atom stereocenters. The zero-order chi connectivity index (χ0) is 18.1. The van der Waals surface area contributed by atoms with Crippen LogP contribution in [0.5, 0.6) is 0 Å². The minimum absolute atomic E-state index is 0.308. The van der Waals surface area contributed by atoms with Gasteiger partial charge in [-0.2, -0.15) is 0 Å². The zero-order valence-electron chi connectivity index (χ0n) is 13.5. The van der Waals surface area contributed by atoms with E-state index in [4.69, 9.17) is 0 Å². The average molecular weight is 370 g/mol. The Morgan fingerprint density at radius 2 is 1.54 bits per heavy atom. The number of aryl methyl sites for hydroxylation is 2. The van der Waals surface area contributed by atoms with Gasteiger partial charge in [-0.1, -0.05) is 12.1 Å². The molecule has 0 saturated carbocycles. The molecule has 2 heterocycles. The third-order valence-corrected chi connectivity index (χ3v) is 4.90. The fraction of sp³-hybridized carbons (Fsp3) is 0.100. The highest BCUT2D eigenvalue weighted by molar-refractivity contribution is 7.16. The van der Waals surface area contributed by atoms with Gasteiger partial charge in [0, 0.05) is 11.6 Å². The number of halogens is 3. The second-order valence-electron chi connectivity index (χ2n) is 5.94. The molecular weight excluding hydrogens is 357 g/mol. The van der Waals surface area contributed by atoms with E-state index in [1.54, 1.807) is 17.6 Å². The minimum Gasteiger partial charge on any atom is -0.232 e. The molecule has 0 N–H and O–H groups in total. The van der Waals surface area contributed by atoms with Crippen molar-refractivity contribution in [3.8, 4) is 11.1 Å². The lowest BCUT2D eigenvalue weighted by atomic mass is 9.99. The Labute approximate surface area is 152 Å². The number of aromatic nitrogens is 2. The average Bonchev–Trinajstić information content (AvgIpc) is 3.06. The maximum atomic E-state index is 13.4. The lowest BCUT2D eigenvalue weighted by molar-refractivity contribution is 0.579. The molecule has 2 nitrogen and oxygen atoms in total. The second-order valence-corrected chi connectivity index (χ2v) is 6.83. The van der Waals surface area contributed by atoms with E-state index in [9.17, 15) is 13.2 Å². The Balaban J connectivity index is 1.72.